The molecule has 0 fully saturated rings. The molecule has 0 spiro atoms. The van der Waals surface area contributed by atoms with E-state index >= 15 is 0 Å². The van der Waals surface area contributed by atoms with Gasteiger partial charge in [0.1, 0.15) is 19.8 Å². The van der Waals surface area contributed by atoms with Crippen LogP contribution in [0.15, 0.2) is 97.4 Å². The van der Waals surface area contributed by atoms with Crippen LogP contribution in [0.25, 0.3) is 0 Å². The van der Waals surface area contributed by atoms with E-state index in [9.17, 15) is 19.4 Å². The Kier molecular flexibility index (Phi) is 37.8. The molecule has 0 radical (unpaired) electrons. The number of likely N-dealkylation sites (N-methyl/N-ethyl adjacent to an activating group) is 1. The average Bonchev–Trinajstić information content (AvgIpc) is 3.17. The van der Waals surface area contributed by atoms with Crippen molar-refractivity contribution in [1.82, 2.24) is 0 Å². The normalized spacial score (nSPS) is 15.2. The molecule has 0 saturated heterocycles. The van der Waals surface area contributed by atoms with Gasteiger partial charge in [0.15, 0.2) is 6.10 Å². The summed E-state index contributed by atoms with van der Waals surface area (Å²) in [7, 11) is 1.56. The Balaban J connectivity index is 4.54. The van der Waals surface area contributed by atoms with E-state index < -0.39 is 26.0 Å². The summed E-state index contributed by atoms with van der Waals surface area (Å²) >= 11 is 0. The number of phosphoric ester groups is 1. The quantitative estimate of drug-likeness (QED) is 0.0120. The summed E-state index contributed by atoms with van der Waals surface area (Å²) in [6.45, 7) is 4.54. The van der Waals surface area contributed by atoms with Gasteiger partial charge in [-0.25, -0.2) is 4.57 Å². The number of phosphoric acid groups is 1. The maximum absolute atomic E-state index is 12.5. The summed E-state index contributed by atoms with van der Waals surface area (Å²) in [5.41, 5.74) is 0. The van der Waals surface area contributed by atoms with Crippen molar-refractivity contribution in [3.8, 4) is 0 Å². The maximum Gasteiger partial charge on any atom is 0.472 e. The zero-order valence-corrected chi connectivity index (χ0v) is 38.0. The maximum atomic E-state index is 12.5. The number of esters is 1. The van der Waals surface area contributed by atoms with Gasteiger partial charge in [0.25, 0.3) is 0 Å². The third kappa shape index (κ3) is 42.8. The minimum Gasteiger partial charge on any atom is -0.492 e. The SMILES string of the molecule is CC/C=C\C/C=C\C/C=C\C/C=C\C=C/C(O)C/C=C\CCC(=O)OC[C@H](COP(=O)(O)OCC[N+](C)(C)C)O/C=C/CCCCCC/C=C\CCCCCCCC. The van der Waals surface area contributed by atoms with E-state index in [1.54, 1.807) is 12.3 Å². The first-order valence-electron chi connectivity index (χ1n) is 22.1. The van der Waals surface area contributed by atoms with E-state index in [2.05, 4.69) is 62.5 Å². The van der Waals surface area contributed by atoms with Gasteiger partial charge >= 0.3 is 13.8 Å². The Bertz CT molecular complexity index is 1260. The van der Waals surface area contributed by atoms with Crippen LogP contribution in [0, 0.1) is 0 Å². The van der Waals surface area contributed by atoms with Crippen LogP contribution in [-0.2, 0) is 27.9 Å². The smallest absolute Gasteiger partial charge is 0.472 e. The molecule has 2 unspecified atom stereocenters. The highest BCUT2D eigenvalue weighted by Crippen LogP contribution is 2.43. The average molecular weight is 833 g/mol. The van der Waals surface area contributed by atoms with Crippen LogP contribution in [0.2, 0.25) is 0 Å². The van der Waals surface area contributed by atoms with Crippen LogP contribution in [0.3, 0.4) is 0 Å². The number of hydrogen-bond acceptors (Lipinski definition) is 7. The summed E-state index contributed by atoms with van der Waals surface area (Å²) in [6, 6.07) is 0. The molecule has 0 rings (SSSR count). The van der Waals surface area contributed by atoms with Crippen molar-refractivity contribution >= 4 is 13.8 Å². The van der Waals surface area contributed by atoms with Crippen molar-refractivity contribution in [1.29, 1.82) is 0 Å². The van der Waals surface area contributed by atoms with Crippen LogP contribution in [-0.4, -0.2) is 80.2 Å². The molecule has 0 aliphatic carbocycles. The molecular weight excluding hydrogens is 750 g/mol. The van der Waals surface area contributed by atoms with E-state index in [0.29, 0.717) is 23.9 Å². The lowest BCUT2D eigenvalue weighted by molar-refractivity contribution is -0.870. The van der Waals surface area contributed by atoms with Crippen LogP contribution in [0.5, 0.6) is 0 Å². The minimum atomic E-state index is -4.32. The number of quaternary nitrogens is 1. The second kappa shape index (κ2) is 39.7. The van der Waals surface area contributed by atoms with E-state index in [0.717, 1.165) is 51.4 Å². The van der Waals surface area contributed by atoms with Gasteiger partial charge in [-0.2, -0.15) is 0 Å². The molecule has 0 aromatic carbocycles. The van der Waals surface area contributed by atoms with E-state index in [-0.39, 0.29) is 26.2 Å². The molecule has 0 aliphatic heterocycles. The van der Waals surface area contributed by atoms with Gasteiger partial charge in [0.2, 0.25) is 0 Å². The van der Waals surface area contributed by atoms with E-state index in [1.807, 2.05) is 57.6 Å². The summed E-state index contributed by atoms with van der Waals surface area (Å²) in [5, 5.41) is 10.2. The first-order chi connectivity index (χ1) is 28.0. The lowest BCUT2D eigenvalue weighted by Crippen LogP contribution is -2.37. The lowest BCUT2D eigenvalue weighted by atomic mass is 10.1. The van der Waals surface area contributed by atoms with Crippen molar-refractivity contribution in [2.45, 2.75) is 154 Å². The summed E-state index contributed by atoms with van der Waals surface area (Å²) < 4.78 is 34.6. The summed E-state index contributed by atoms with van der Waals surface area (Å²) in [5.74, 6) is -0.425. The zero-order valence-electron chi connectivity index (χ0n) is 37.1. The van der Waals surface area contributed by atoms with Crippen LogP contribution in [0.4, 0.5) is 0 Å². The number of aliphatic hydroxyl groups excluding tert-OH is 1. The molecule has 0 amide bonds. The largest absolute Gasteiger partial charge is 0.492 e. The molecule has 9 nitrogen and oxygen atoms in total. The fourth-order valence-electron chi connectivity index (χ4n) is 5.29. The highest BCUT2D eigenvalue weighted by atomic mass is 31.2. The van der Waals surface area contributed by atoms with Crippen molar-refractivity contribution in [3.63, 3.8) is 0 Å². The van der Waals surface area contributed by atoms with Crippen molar-refractivity contribution in [2.75, 3.05) is 47.5 Å². The Morgan fingerprint density at radius 1 is 0.655 bits per heavy atom. The Labute approximate surface area is 354 Å². The number of unbranched alkanes of at least 4 members (excludes halogenated alkanes) is 11. The zero-order chi connectivity index (χ0) is 42.8. The monoisotopic (exact) mass is 833 g/mol. The van der Waals surface area contributed by atoms with Gasteiger partial charge in [0, 0.05) is 6.42 Å². The summed E-state index contributed by atoms with van der Waals surface area (Å²) in [6.07, 6.45) is 51.5. The molecule has 332 valence electrons. The first kappa shape index (κ1) is 55.2. The highest BCUT2D eigenvalue weighted by Gasteiger charge is 2.25. The number of aliphatic hydroxyl groups is 1. The molecule has 3 atom stereocenters. The number of rotatable bonds is 39. The van der Waals surface area contributed by atoms with E-state index in [1.165, 1.54) is 57.8 Å². The fraction of sp³-hybridized carbons (Fsp3) is 0.646. The number of carbonyl (C=O) groups excluding carboxylic acids is 1. The Morgan fingerprint density at radius 3 is 1.84 bits per heavy atom. The Morgan fingerprint density at radius 2 is 1.22 bits per heavy atom. The predicted molar refractivity (Wildman–Crippen MR) is 243 cm³/mol. The molecule has 0 bridgehead atoms. The van der Waals surface area contributed by atoms with Crippen molar-refractivity contribution in [2.24, 2.45) is 0 Å². The highest BCUT2D eigenvalue weighted by molar-refractivity contribution is 7.47. The van der Waals surface area contributed by atoms with Crippen molar-refractivity contribution in [3.05, 3.63) is 97.4 Å². The molecular formula is C48H83NO8P+. The number of carbonyl (C=O) groups is 1. The summed E-state index contributed by atoms with van der Waals surface area (Å²) in [4.78, 5) is 22.7. The fourth-order valence-corrected chi connectivity index (χ4v) is 6.03. The molecule has 0 saturated carbocycles. The van der Waals surface area contributed by atoms with Gasteiger partial charge in [-0.3, -0.25) is 13.8 Å². The third-order valence-corrected chi connectivity index (χ3v) is 9.80. The molecule has 0 heterocycles. The van der Waals surface area contributed by atoms with Gasteiger partial charge in [-0.1, -0.05) is 144 Å². The number of ether oxygens (including phenoxy) is 2. The topological polar surface area (TPSA) is 112 Å². The molecule has 0 aliphatic rings. The molecule has 2 N–H and O–H groups in total. The number of allylic oxidation sites excluding steroid dienone is 13. The van der Waals surface area contributed by atoms with Gasteiger partial charge in [-0.15, -0.1) is 0 Å². The van der Waals surface area contributed by atoms with E-state index in [4.69, 9.17) is 18.5 Å². The molecule has 10 heteroatoms. The molecule has 0 aromatic heterocycles. The molecule has 0 aromatic rings. The van der Waals surface area contributed by atoms with Crippen LogP contribution < -0.4 is 0 Å². The standard InChI is InChI=1S/C48H82NO8P/c1-6-8-10-12-14-16-18-20-21-22-24-26-28-30-32-37-42-54-47(45-57-58(52,53)56-43-41-49(3,4)5)44-55-48(51)40-36-33-35-39-46(50)38-34-31-29-27-25-23-19-17-15-13-11-9-7-2/h9,11,15,17,20-21,23,25,29,31,33-35,37-38,42,46-47,50H,6-8,10,12-14,16,18-19,22,24,26-28,30,32,36,39-41,43-45H2,1-5H3/p+1/b11-9-,17-15-,21-20-,25-23-,31-29-,35-33-,38-34-,42-37+/t46?,47-/m1/s1. The van der Waals surface area contributed by atoms with Gasteiger partial charge < -0.3 is 24.0 Å². The lowest BCUT2D eigenvalue weighted by Gasteiger charge is -2.24. The van der Waals surface area contributed by atoms with Crippen LogP contribution in [0.1, 0.15) is 142 Å². The Hall–Kier alpha value is -2.78. The molecule has 58 heavy (non-hydrogen) atoms. The first-order valence-corrected chi connectivity index (χ1v) is 23.6. The minimum absolute atomic E-state index is 0.0549. The van der Waals surface area contributed by atoms with Gasteiger partial charge in [0.05, 0.1) is 40.1 Å². The number of nitrogens with zero attached hydrogens (tertiary/aromatic N) is 1. The second-order valence-corrected chi connectivity index (χ2v) is 17.1. The second-order valence-electron chi connectivity index (χ2n) is 15.6. The van der Waals surface area contributed by atoms with Crippen molar-refractivity contribution < 1.29 is 42.4 Å². The van der Waals surface area contributed by atoms with Crippen LogP contribution >= 0.6 is 7.82 Å². The number of hydrogen-bond donors (Lipinski definition) is 2. The predicted octanol–water partition coefficient (Wildman–Crippen LogP) is 12.4. The third-order valence-electron chi connectivity index (χ3n) is 8.81. The van der Waals surface area contributed by atoms with Gasteiger partial charge in [-0.05, 0) is 83.1 Å².